The number of nitrogens with one attached hydrogen (secondary N) is 1. The van der Waals surface area contributed by atoms with Gasteiger partial charge in [-0.2, -0.15) is 14.9 Å². The van der Waals surface area contributed by atoms with Crippen molar-refractivity contribution in [1.29, 1.82) is 0 Å². The van der Waals surface area contributed by atoms with E-state index in [9.17, 15) is 4.39 Å². The van der Waals surface area contributed by atoms with Crippen molar-refractivity contribution in [2.45, 2.75) is 0 Å². The molecule has 0 amide bonds. The van der Waals surface area contributed by atoms with E-state index in [0.717, 1.165) is 15.6 Å². The Morgan fingerprint density at radius 3 is 2.50 bits per heavy atom. The van der Waals surface area contributed by atoms with Gasteiger partial charge in [-0.05, 0) is 54.2 Å². The number of benzene rings is 2. The van der Waals surface area contributed by atoms with Crippen molar-refractivity contribution in [1.82, 2.24) is 14.9 Å². The minimum Gasteiger partial charge on any atom is -0.250 e. The van der Waals surface area contributed by atoms with Crippen molar-refractivity contribution < 1.29 is 4.39 Å². The molecule has 22 heavy (non-hydrogen) atoms. The highest BCUT2D eigenvalue weighted by Gasteiger charge is 2.07. The van der Waals surface area contributed by atoms with Gasteiger partial charge in [-0.15, -0.1) is 0 Å². The summed E-state index contributed by atoms with van der Waals surface area (Å²) in [5.74, 6) is 0.223. The van der Waals surface area contributed by atoms with Gasteiger partial charge < -0.3 is 0 Å². The first-order valence-corrected chi connectivity index (χ1v) is 7.57. The molecule has 0 spiro atoms. The highest BCUT2D eigenvalue weighted by Crippen LogP contribution is 2.17. The molecule has 3 rings (SSSR count). The molecule has 4 nitrogen and oxygen atoms in total. The number of nitrogens with zero attached hydrogens (tertiary/aromatic N) is 3. The number of rotatable bonds is 3. The summed E-state index contributed by atoms with van der Waals surface area (Å²) >= 11 is 8.57. The van der Waals surface area contributed by atoms with E-state index in [1.807, 2.05) is 24.3 Å². The second-order valence-electron chi connectivity index (χ2n) is 4.47. The van der Waals surface area contributed by atoms with Crippen LogP contribution in [0, 0.1) is 10.6 Å². The van der Waals surface area contributed by atoms with Crippen LogP contribution in [0.1, 0.15) is 5.56 Å². The van der Waals surface area contributed by atoms with Crippen LogP contribution in [-0.2, 0) is 0 Å². The first-order valence-electron chi connectivity index (χ1n) is 6.37. The van der Waals surface area contributed by atoms with Gasteiger partial charge >= 0.3 is 0 Å². The van der Waals surface area contributed by atoms with Gasteiger partial charge in [0.05, 0.1) is 6.21 Å². The molecule has 1 aromatic heterocycles. The average molecular weight is 377 g/mol. The van der Waals surface area contributed by atoms with Gasteiger partial charge in [-0.1, -0.05) is 28.1 Å². The van der Waals surface area contributed by atoms with Crippen molar-refractivity contribution in [3.63, 3.8) is 0 Å². The van der Waals surface area contributed by atoms with Crippen molar-refractivity contribution in [3.05, 3.63) is 69.2 Å². The Kier molecular flexibility index (Phi) is 4.26. The highest BCUT2D eigenvalue weighted by molar-refractivity contribution is 9.10. The number of halogens is 2. The number of aromatic nitrogens is 3. The van der Waals surface area contributed by atoms with E-state index in [2.05, 4.69) is 31.2 Å². The van der Waals surface area contributed by atoms with Crippen molar-refractivity contribution >= 4 is 34.4 Å². The third-order valence-electron chi connectivity index (χ3n) is 2.95. The summed E-state index contributed by atoms with van der Waals surface area (Å²) in [6, 6.07) is 13.7. The molecule has 0 unspecified atom stereocenters. The molecule has 2 aromatic carbocycles. The summed E-state index contributed by atoms with van der Waals surface area (Å²) < 4.78 is 15.9. The maximum atomic E-state index is 13.0. The first-order chi connectivity index (χ1) is 10.6. The molecule has 0 saturated heterocycles. The van der Waals surface area contributed by atoms with Crippen LogP contribution in [-0.4, -0.2) is 21.1 Å². The lowest BCUT2D eigenvalue weighted by molar-refractivity contribution is 0.628. The Morgan fingerprint density at radius 2 is 1.82 bits per heavy atom. The molecule has 7 heteroatoms. The fourth-order valence-electron chi connectivity index (χ4n) is 1.86. The smallest absolute Gasteiger partial charge is 0.216 e. The molecule has 0 aliphatic heterocycles. The molecule has 1 heterocycles. The van der Waals surface area contributed by atoms with Gasteiger partial charge in [-0.3, -0.25) is 0 Å². The van der Waals surface area contributed by atoms with Gasteiger partial charge in [0.1, 0.15) is 5.82 Å². The predicted octanol–water partition coefficient (Wildman–Crippen LogP) is 4.39. The molecule has 0 saturated carbocycles. The van der Waals surface area contributed by atoms with E-state index < -0.39 is 0 Å². The fraction of sp³-hybridized carbons (Fsp3) is 0. The Labute approximate surface area is 139 Å². The van der Waals surface area contributed by atoms with Crippen molar-refractivity contribution in [3.8, 4) is 11.4 Å². The van der Waals surface area contributed by atoms with Crippen molar-refractivity contribution in [2.24, 2.45) is 5.10 Å². The van der Waals surface area contributed by atoms with Crippen LogP contribution in [0.2, 0.25) is 0 Å². The molecular formula is C15H10BrFN4S. The predicted molar refractivity (Wildman–Crippen MR) is 89.9 cm³/mol. The number of aromatic amines is 1. The molecule has 110 valence electrons. The Hall–Kier alpha value is -2.12. The van der Waals surface area contributed by atoms with Crippen LogP contribution in [0.5, 0.6) is 0 Å². The largest absolute Gasteiger partial charge is 0.250 e. The lowest BCUT2D eigenvalue weighted by Gasteiger charge is -2.01. The van der Waals surface area contributed by atoms with Gasteiger partial charge in [0.15, 0.2) is 5.82 Å². The lowest BCUT2D eigenvalue weighted by Crippen LogP contribution is -1.95. The van der Waals surface area contributed by atoms with Gasteiger partial charge in [0.2, 0.25) is 4.77 Å². The number of hydrogen-bond acceptors (Lipinski definition) is 3. The van der Waals surface area contributed by atoms with Crippen LogP contribution in [0.3, 0.4) is 0 Å². The van der Waals surface area contributed by atoms with E-state index in [0.29, 0.717) is 10.6 Å². The topological polar surface area (TPSA) is 46.0 Å². The zero-order valence-corrected chi connectivity index (χ0v) is 13.6. The third-order valence-corrected chi connectivity index (χ3v) is 3.74. The van der Waals surface area contributed by atoms with E-state index in [1.165, 1.54) is 16.8 Å². The summed E-state index contributed by atoms with van der Waals surface area (Å²) in [4.78, 5) is 0. The minimum absolute atomic E-state index is 0.303. The molecule has 3 aromatic rings. The highest BCUT2D eigenvalue weighted by atomic mass is 79.9. The second-order valence-corrected chi connectivity index (χ2v) is 5.77. The molecule has 0 aliphatic carbocycles. The quantitative estimate of drug-likeness (QED) is 0.544. The Balaban J connectivity index is 1.97. The van der Waals surface area contributed by atoms with E-state index in [-0.39, 0.29) is 5.82 Å². The van der Waals surface area contributed by atoms with Gasteiger partial charge in [0, 0.05) is 10.0 Å². The summed E-state index contributed by atoms with van der Waals surface area (Å²) in [6.07, 6.45) is 1.69. The van der Waals surface area contributed by atoms with E-state index in [1.54, 1.807) is 18.3 Å². The zero-order valence-electron chi connectivity index (χ0n) is 11.2. The SMILES string of the molecule is Fc1ccc(-c2n[nH]c(=S)n2/N=C/c2ccc(Br)cc2)cc1. The molecule has 0 radical (unpaired) electrons. The monoisotopic (exact) mass is 376 g/mol. The Morgan fingerprint density at radius 1 is 1.14 bits per heavy atom. The summed E-state index contributed by atoms with van der Waals surface area (Å²) in [5.41, 5.74) is 1.65. The molecule has 0 aliphatic rings. The van der Waals surface area contributed by atoms with Crippen LogP contribution in [0.4, 0.5) is 4.39 Å². The zero-order chi connectivity index (χ0) is 15.5. The van der Waals surface area contributed by atoms with Crippen LogP contribution < -0.4 is 0 Å². The molecule has 0 atom stereocenters. The molecule has 1 N–H and O–H groups in total. The van der Waals surface area contributed by atoms with Gasteiger partial charge in [-0.25, -0.2) is 9.49 Å². The van der Waals surface area contributed by atoms with Crippen LogP contribution >= 0.6 is 28.1 Å². The Bertz CT molecular complexity index is 866. The molecular weight excluding hydrogens is 367 g/mol. The number of hydrogen-bond donors (Lipinski definition) is 1. The maximum absolute atomic E-state index is 13.0. The van der Waals surface area contributed by atoms with Crippen LogP contribution in [0.25, 0.3) is 11.4 Å². The minimum atomic E-state index is -0.303. The first kappa shape index (κ1) is 14.8. The van der Waals surface area contributed by atoms with Crippen molar-refractivity contribution in [2.75, 3.05) is 0 Å². The lowest BCUT2D eigenvalue weighted by atomic mass is 10.2. The summed E-state index contributed by atoms with van der Waals surface area (Å²) in [7, 11) is 0. The summed E-state index contributed by atoms with van der Waals surface area (Å²) in [6.45, 7) is 0. The van der Waals surface area contributed by atoms with Gasteiger partial charge in [0.25, 0.3) is 0 Å². The maximum Gasteiger partial charge on any atom is 0.216 e. The number of H-pyrrole nitrogens is 1. The van der Waals surface area contributed by atoms with Crippen LogP contribution in [0.15, 0.2) is 58.1 Å². The standard InChI is InChI=1S/C15H10BrFN4S/c16-12-5-1-10(2-6-12)9-18-21-14(19-20-15(21)22)11-3-7-13(17)8-4-11/h1-9H,(H,20,22)/b18-9+. The van der Waals surface area contributed by atoms with E-state index >= 15 is 0 Å². The molecule has 0 bridgehead atoms. The molecule has 0 fully saturated rings. The summed E-state index contributed by atoms with van der Waals surface area (Å²) in [5, 5.41) is 11.2. The normalized spacial score (nSPS) is 11.2. The fourth-order valence-corrected chi connectivity index (χ4v) is 2.30. The second kappa shape index (κ2) is 6.33. The van der Waals surface area contributed by atoms with E-state index in [4.69, 9.17) is 12.2 Å². The third kappa shape index (κ3) is 3.20. The average Bonchev–Trinajstić information content (AvgIpc) is 2.89.